The van der Waals surface area contributed by atoms with E-state index in [1.54, 1.807) is 12.4 Å². The highest BCUT2D eigenvalue weighted by Gasteiger charge is 2.45. The van der Waals surface area contributed by atoms with Crippen LogP contribution in [0.25, 0.3) is 0 Å². The first-order valence-corrected chi connectivity index (χ1v) is 8.45. The molecular formula is C16H21BrN2O2. The van der Waals surface area contributed by atoms with Gasteiger partial charge < -0.3 is 4.74 Å². The number of halogens is 1. The molecule has 1 saturated heterocycles. The zero-order chi connectivity index (χ0) is 14.7. The number of hydrogen-bond donors (Lipinski definition) is 0. The molecule has 21 heavy (non-hydrogen) atoms. The SMILES string of the molecule is O=C(Cc1cncc(Br)c1)C1(N2CCOCC2)CCCC1. The van der Waals surface area contributed by atoms with Crippen LogP contribution >= 0.6 is 15.9 Å². The first-order chi connectivity index (χ1) is 10.2. The van der Waals surface area contributed by atoms with Crippen molar-refractivity contribution < 1.29 is 9.53 Å². The van der Waals surface area contributed by atoms with Gasteiger partial charge in [0.15, 0.2) is 5.78 Å². The van der Waals surface area contributed by atoms with E-state index in [-0.39, 0.29) is 5.54 Å². The van der Waals surface area contributed by atoms with Crippen molar-refractivity contribution in [2.75, 3.05) is 26.3 Å². The van der Waals surface area contributed by atoms with Crippen LogP contribution in [0.15, 0.2) is 22.9 Å². The summed E-state index contributed by atoms with van der Waals surface area (Å²) < 4.78 is 6.38. The van der Waals surface area contributed by atoms with E-state index in [1.165, 1.54) is 0 Å². The number of hydrogen-bond acceptors (Lipinski definition) is 4. The van der Waals surface area contributed by atoms with Gasteiger partial charge in [-0.1, -0.05) is 12.8 Å². The maximum Gasteiger partial charge on any atom is 0.157 e. The Balaban J connectivity index is 1.78. The molecule has 2 fully saturated rings. The number of Topliss-reactive ketones (excluding diaryl/α,β-unsaturated/α-hetero) is 1. The summed E-state index contributed by atoms with van der Waals surface area (Å²) in [5, 5.41) is 0. The number of pyridine rings is 1. The third-order valence-corrected chi connectivity index (χ3v) is 5.13. The number of rotatable bonds is 4. The summed E-state index contributed by atoms with van der Waals surface area (Å²) >= 11 is 3.42. The number of morpholine rings is 1. The average molecular weight is 353 g/mol. The van der Waals surface area contributed by atoms with Crippen LogP contribution in [0.1, 0.15) is 31.2 Å². The number of ether oxygens (including phenoxy) is 1. The normalized spacial score (nSPS) is 22.3. The molecular weight excluding hydrogens is 332 g/mol. The minimum atomic E-state index is -0.258. The third-order valence-electron chi connectivity index (χ3n) is 4.69. The molecule has 4 nitrogen and oxygen atoms in total. The van der Waals surface area contributed by atoms with Crippen LogP contribution in [0, 0.1) is 0 Å². The molecule has 1 aromatic heterocycles. The van der Waals surface area contributed by atoms with Gasteiger partial charge >= 0.3 is 0 Å². The zero-order valence-electron chi connectivity index (χ0n) is 12.2. The summed E-state index contributed by atoms with van der Waals surface area (Å²) in [6, 6.07) is 1.99. The third kappa shape index (κ3) is 3.20. The lowest BCUT2D eigenvalue weighted by molar-refractivity contribution is -0.133. The Hall–Kier alpha value is -0.780. The maximum atomic E-state index is 13.0. The molecule has 5 heteroatoms. The smallest absolute Gasteiger partial charge is 0.157 e. The summed E-state index contributed by atoms with van der Waals surface area (Å²) in [6.45, 7) is 3.24. The molecule has 0 bridgehead atoms. The Morgan fingerprint density at radius 2 is 2.00 bits per heavy atom. The van der Waals surface area contributed by atoms with Gasteiger partial charge in [0.25, 0.3) is 0 Å². The van der Waals surface area contributed by atoms with Crippen LogP contribution in [-0.2, 0) is 16.0 Å². The Kier molecular flexibility index (Phi) is 4.72. The van der Waals surface area contributed by atoms with Gasteiger partial charge in [-0.25, -0.2) is 0 Å². The molecule has 1 aliphatic heterocycles. The first-order valence-electron chi connectivity index (χ1n) is 7.66. The highest BCUT2D eigenvalue weighted by atomic mass is 79.9. The second-order valence-corrected chi connectivity index (χ2v) is 6.87. The molecule has 0 aromatic carbocycles. The van der Waals surface area contributed by atoms with Crippen LogP contribution in [0.4, 0.5) is 0 Å². The lowest BCUT2D eigenvalue weighted by atomic mass is 9.86. The van der Waals surface area contributed by atoms with Gasteiger partial charge in [0.1, 0.15) is 0 Å². The molecule has 0 N–H and O–H groups in total. The van der Waals surface area contributed by atoms with Crippen molar-refractivity contribution in [3.63, 3.8) is 0 Å². The van der Waals surface area contributed by atoms with E-state index in [2.05, 4.69) is 25.8 Å². The highest BCUT2D eigenvalue weighted by Crippen LogP contribution is 2.37. The van der Waals surface area contributed by atoms with E-state index in [9.17, 15) is 4.79 Å². The summed E-state index contributed by atoms with van der Waals surface area (Å²) in [4.78, 5) is 19.6. The summed E-state index contributed by atoms with van der Waals surface area (Å²) in [5.41, 5.74) is 0.737. The molecule has 0 spiro atoms. The lowest BCUT2D eigenvalue weighted by Gasteiger charge is -2.42. The largest absolute Gasteiger partial charge is 0.379 e. The molecule has 0 unspecified atom stereocenters. The van der Waals surface area contributed by atoms with Crippen LogP contribution in [0.3, 0.4) is 0 Å². The van der Waals surface area contributed by atoms with Crippen molar-refractivity contribution in [3.8, 4) is 0 Å². The molecule has 2 aliphatic rings. The van der Waals surface area contributed by atoms with Crippen molar-refractivity contribution in [3.05, 3.63) is 28.5 Å². The van der Waals surface area contributed by atoms with E-state index in [0.717, 1.165) is 62.0 Å². The van der Waals surface area contributed by atoms with E-state index >= 15 is 0 Å². The Bertz CT molecular complexity index is 509. The topological polar surface area (TPSA) is 42.4 Å². The predicted octanol–water partition coefficient (Wildman–Crippen LogP) is 2.60. The quantitative estimate of drug-likeness (QED) is 0.835. The number of aromatic nitrogens is 1. The monoisotopic (exact) mass is 352 g/mol. The molecule has 0 amide bonds. The van der Waals surface area contributed by atoms with Gasteiger partial charge in [0.2, 0.25) is 0 Å². The second-order valence-electron chi connectivity index (χ2n) is 5.95. The van der Waals surface area contributed by atoms with Gasteiger partial charge in [0, 0.05) is 36.4 Å². The van der Waals surface area contributed by atoms with E-state index in [4.69, 9.17) is 4.74 Å². The van der Waals surface area contributed by atoms with Gasteiger partial charge in [-0.3, -0.25) is 14.7 Å². The molecule has 0 radical (unpaired) electrons. The van der Waals surface area contributed by atoms with Gasteiger partial charge in [-0.05, 0) is 40.4 Å². The summed E-state index contributed by atoms with van der Waals surface area (Å²) in [6.07, 6.45) is 8.32. The molecule has 114 valence electrons. The molecule has 0 atom stereocenters. The number of carbonyl (C=O) groups excluding carboxylic acids is 1. The highest BCUT2D eigenvalue weighted by molar-refractivity contribution is 9.10. The Morgan fingerprint density at radius 3 is 2.67 bits per heavy atom. The van der Waals surface area contributed by atoms with E-state index < -0.39 is 0 Å². The lowest BCUT2D eigenvalue weighted by Crippen LogP contribution is -2.57. The van der Waals surface area contributed by atoms with Crippen LogP contribution in [-0.4, -0.2) is 47.5 Å². The standard InChI is InChI=1S/C16H21BrN2O2/c17-14-9-13(11-18-12-14)10-15(20)16(3-1-2-4-16)19-5-7-21-8-6-19/h9,11-12H,1-8,10H2. The minimum Gasteiger partial charge on any atom is -0.379 e. The van der Waals surface area contributed by atoms with Crippen LogP contribution < -0.4 is 0 Å². The van der Waals surface area contributed by atoms with Gasteiger partial charge in [-0.2, -0.15) is 0 Å². The van der Waals surface area contributed by atoms with Gasteiger partial charge in [-0.15, -0.1) is 0 Å². The Labute approximate surface area is 134 Å². The Morgan fingerprint density at radius 1 is 1.29 bits per heavy atom. The molecule has 1 aromatic rings. The van der Waals surface area contributed by atoms with Crippen molar-refractivity contribution in [2.24, 2.45) is 0 Å². The fraction of sp³-hybridized carbons (Fsp3) is 0.625. The van der Waals surface area contributed by atoms with Crippen molar-refractivity contribution >= 4 is 21.7 Å². The fourth-order valence-electron chi connectivity index (χ4n) is 3.63. The van der Waals surface area contributed by atoms with Crippen LogP contribution in [0.2, 0.25) is 0 Å². The number of ketones is 1. The van der Waals surface area contributed by atoms with Crippen molar-refractivity contribution in [2.45, 2.75) is 37.6 Å². The zero-order valence-corrected chi connectivity index (χ0v) is 13.8. The maximum absolute atomic E-state index is 13.0. The summed E-state index contributed by atoms with van der Waals surface area (Å²) in [5.74, 6) is 0.349. The average Bonchev–Trinajstić information content (AvgIpc) is 2.99. The van der Waals surface area contributed by atoms with Crippen LogP contribution in [0.5, 0.6) is 0 Å². The second kappa shape index (κ2) is 6.55. The fourth-order valence-corrected chi connectivity index (χ4v) is 4.04. The summed E-state index contributed by atoms with van der Waals surface area (Å²) in [7, 11) is 0. The van der Waals surface area contributed by atoms with Crippen molar-refractivity contribution in [1.29, 1.82) is 0 Å². The molecule has 2 heterocycles. The molecule has 3 rings (SSSR count). The van der Waals surface area contributed by atoms with Gasteiger partial charge in [0.05, 0.1) is 18.8 Å². The number of carbonyl (C=O) groups is 1. The van der Waals surface area contributed by atoms with E-state index in [0.29, 0.717) is 12.2 Å². The first kappa shape index (κ1) is 15.1. The molecule has 1 saturated carbocycles. The van der Waals surface area contributed by atoms with Crippen molar-refractivity contribution in [1.82, 2.24) is 9.88 Å². The van der Waals surface area contributed by atoms with E-state index in [1.807, 2.05) is 6.07 Å². The minimum absolute atomic E-state index is 0.258. The number of nitrogens with zero attached hydrogens (tertiary/aromatic N) is 2. The molecule has 1 aliphatic carbocycles. The predicted molar refractivity (Wildman–Crippen MR) is 84.2 cm³/mol.